The maximum Gasteiger partial charge on any atom is 0.240 e. The number of sulfonamides is 1. The van der Waals surface area contributed by atoms with E-state index in [0.717, 1.165) is 31.2 Å². The van der Waals surface area contributed by atoms with E-state index in [1.807, 2.05) is 0 Å². The molecule has 0 aliphatic heterocycles. The summed E-state index contributed by atoms with van der Waals surface area (Å²) < 4.78 is 26.9. The van der Waals surface area contributed by atoms with Crippen molar-refractivity contribution in [1.29, 1.82) is 0 Å². The molecule has 0 radical (unpaired) electrons. The minimum Gasteiger partial charge on any atom is -0.352 e. The molecule has 2 aromatic carbocycles. The Balaban J connectivity index is 1.41. The maximum absolute atomic E-state index is 12.1. The Hall–Kier alpha value is -2.18. The Morgan fingerprint density at radius 1 is 1.00 bits per heavy atom. The average molecular weight is 387 g/mol. The number of benzene rings is 2. The molecule has 0 unspecified atom stereocenters. The molecule has 3 rings (SSSR count). The van der Waals surface area contributed by atoms with E-state index in [0.29, 0.717) is 13.0 Å². The summed E-state index contributed by atoms with van der Waals surface area (Å²) >= 11 is 0. The van der Waals surface area contributed by atoms with Crippen LogP contribution in [0.1, 0.15) is 42.4 Å². The third-order valence-corrected chi connectivity index (χ3v) is 6.15. The Labute approximate surface area is 161 Å². The predicted octanol–water partition coefficient (Wildman–Crippen LogP) is 3.07. The van der Waals surface area contributed by atoms with Crippen molar-refractivity contribution < 1.29 is 13.2 Å². The second-order valence-corrected chi connectivity index (χ2v) is 8.87. The third-order valence-electron chi connectivity index (χ3n) is 4.61. The van der Waals surface area contributed by atoms with Crippen molar-refractivity contribution in [1.82, 2.24) is 10.0 Å². The van der Waals surface area contributed by atoms with Gasteiger partial charge < -0.3 is 5.32 Å². The van der Waals surface area contributed by atoms with E-state index in [2.05, 4.69) is 41.2 Å². The lowest BCUT2D eigenvalue weighted by atomic mass is 10.1. The van der Waals surface area contributed by atoms with Crippen molar-refractivity contribution in [2.24, 2.45) is 0 Å². The fourth-order valence-electron chi connectivity index (χ4n) is 2.77. The smallest absolute Gasteiger partial charge is 0.240 e. The summed E-state index contributed by atoms with van der Waals surface area (Å²) in [7, 11) is -3.42. The quantitative estimate of drug-likeness (QED) is 0.695. The summed E-state index contributed by atoms with van der Waals surface area (Å²) in [6.45, 7) is 2.46. The molecule has 0 aromatic heterocycles. The van der Waals surface area contributed by atoms with Gasteiger partial charge in [-0.2, -0.15) is 0 Å². The van der Waals surface area contributed by atoms with E-state index >= 15 is 0 Å². The highest BCUT2D eigenvalue weighted by atomic mass is 32.2. The molecule has 0 heterocycles. The molecule has 0 bridgehead atoms. The van der Waals surface area contributed by atoms with Crippen LogP contribution in [0.25, 0.3) is 0 Å². The average Bonchev–Trinajstić information content (AvgIpc) is 3.45. The van der Waals surface area contributed by atoms with Crippen LogP contribution in [-0.2, 0) is 27.8 Å². The normalized spacial score (nSPS) is 14.1. The lowest BCUT2D eigenvalue weighted by molar-refractivity contribution is -0.121. The van der Waals surface area contributed by atoms with E-state index < -0.39 is 10.0 Å². The maximum atomic E-state index is 12.1. The number of nitrogens with one attached hydrogen (secondary N) is 2. The van der Waals surface area contributed by atoms with Crippen molar-refractivity contribution in [3.05, 3.63) is 65.2 Å². The van der Waals surface area contributed by atoms with Gasteiger partial charge in [0.15, 0.2) is 0 Å². The summed E-state index contributed by atoms with van der Waals surface area (Å²) in [6, 6.07) is 15.1. The molecule has 1 aliphatic rings. The van der Waals surface area contributed by atoms with E-state index in [1.54, 1.807) is 24.3 Å². The van der Waals surface area contributed by atoms with Crippen molar-refractivity contribution in [2.75, 3.05) is 0 Å². The first kappa shape index (κ1) is 19.6. The second-order valence-electron chi connectivity index (χ2n) is 7.16. The number of hydrogen-bond acceptors (Lipinski definition) is 3. The summed E-state index contributed by atoms with van der Waals surface area (Å²) in [5, 5.41) is 2.89. The Morgan fingerprint density at radius 2 is 1.63 bits per heavy atom. The standard InChI is InChI=1S/C21H26N2O3S/c1-16-5-7-17(8-6-16)3-2-4-21(24)22-15-18-9-13-20(14-10-18)27(25,26)23-19-11-12-19/h5-10,13-14,19,23H,2-4,11-12,15H2,1H3,(H,22,24). The van der Waals surface area contributed by atoms with Gasteiger partial charge >= 0.3 is 0 Å². The predicted molar refractivity (Wildman–Crippen MR) is 106 cm³/mol. The molecular weight excluding hydrogens is 360 g/mol. The molecule has 2 aromatic rings. The molecule has 1 fully saturated rings. The highest BCUT2D eigenvalue weighted by Crippen LogP contribution is 2.22. The first-order valence-electron chi connectivity index (χ1n) is 9.36. The fraction of sp³-hybridized carbons (Fsp3) is 0.381. The topological polar surface area (TPSA) is 75.3 Å². The number of rotatable bonds is 9. The van der Waals surface area contributed by atoms with Crippen molar-refractivity contribution in [3.63, 3.8) is 0 Å². The van der Waals surface area contributed by atoms with Crippen LogP contribution in [0.5, 0.6) is 0 Å². The SMILES string of the molecule is Cc1ccc(CCCC(=O)NCc2ccc(S(=O)(=O)NC3CC3)cc2)cc1. The van der Waals surface area contributed by atoms with Crippen LogP contribution in [0.15, 0.2) is 53.4 Å². The van der Waals surface area contributed by atoms with Crippen LogP contribution in [0.3, 0.4) is 0 Å². The Morgan fingerprint density at radius 3 is 2.26 bits per heavy atom. The third kappa shape index (κ3) is 6.19. The van der Waals surface area contributed by atoms with Gasteiger partial charge in [0.1, 0.15) is 0 Å². The van der Waals surface area contributed by atoms with Crippen LogP contribution in [0.2, 0.25) is 0 Å². The van der Waals surface area contributed by atoms with Crippen molar-refractivity contribution >= 4 is 15.9 Å². The van der Waals surface area contributed by atoms with Crippen molar-refractivity contribution in [3.8, 4) is 0 Å². The zero-order valence-electron chi connectivity index (χ0n) is 15.6. The van der Waals surface area contributed by atoms with Gasteiger partial charge in [-0.3, -0.25) is 4.79 Å². The van der Waals surface area contributed by atoms with Gasteiger partial charge in [-0.25, -0.2) is 13.1 Å². The fourth-order valence-corrected chi connectivity index (χ4v) is 4.08. The van der Waals surface area contributed by atoms with Gasteiger partial charge in [0.25, 0.3) is 0 Å². The molecule has 2 N–H and O–H groups in total. The number of aryl methyl sites for hydroxylation is 2. The van der Waals surface area contributed by atoms with Gasteiger partial charge in [-0.05, 0) is 55.9 Å². The van der Waals surface area contributed by atoms with E-state index in [-0.39, 0.29) is 16.8 Å². The number of carbonyl (C=O) groups excluding carboxylic acids is 1. The monoisotopic (exact) mass is 386 g/mol. The second kappa shape index (κ2) is 8.67. The molecule has 0 saturated heterocycles. The van der Waals surface area contributed by atoms with Crippen LogP contribution >= 0.6 is 0 Å². The summed E-state index contributed by atoms with van der Waals surface area (Å²) in [5.74, 6) is 0.00853. The zero-order valence-corrected chi connectivity index (χ0v) is 16.4. The minimum absolute atomic E-state index is 0.00853. The molecule has 6 heteroatoms. The largest absolute Gasteiger partial charge is 0.352 e. The lowest BCUT2D eigenvalue weighted by Crippen LogP contribution is -2.26. The molecule has 5 nitrogen and oxygen atoms in total. The van der Waals surface area contributed by atoms with Crippen LogP contribution in [0, 0.1) is 6.92 Å². The molecule has 0 atom stereocenters. The summed E-state index contributed by atoms with van der Waals surface area (Å²) in [4.78, 5) is 12.3. The van der Waals surface area contributed by atoms with Gasteiger partial charge in [-0.15, -0.1) is 0 Å². The minimum atomic E-state index is -3.42. The first-order valence-corrected chi connectivity index (χ1v) is 10.8. The molecule has 1 aliphatic carbocycles. The highest BCUT2D eigenvalue weighted by Gasteiger charge is 2.27. The summed E-state index contributed by atoms with van der Waals surface area (Å²) in [5.41, 5.74) is 3.36. The Kier molecular flexibility index (Phi) is 6.29. The molecule has 1 amide bonds. The molecule has 27 heavy (non-hydrogen) atoms. The van der Waals surface area contributed by atoms with Crippen LogP contribution in [-0.4, -0.2) is 20.4 Å². The van der Waals surface area contributed by atoms with Gasteiger partial charge in [-0.1, -0.05) is 42.0 Å². The van der Waals surface area contributed by atoms with Gasteiger partial charge in [0.05, 0.1) is 4.90 Å². The molecular formula is C21H26N2O3S. The number of carbonyl (C=O) groups is 1. The highest BCUT2D eigenvalue weighted by molar-refractivity contribution is 7.89. The molecule has 144 valence electrons. The van der Waals surface area contributed by atoms with E-state index in [9.17, 15) is 13.2 Å². The Bertz CT molecular complexity index is 871. The first-order chi connectivity index (χ1) is 12.9. The zero-order chi connectivity index (χ0) is 19.3. The molecule has 1 saturated carbocycles. The lowest BCUT2D eigenvalue weighted by Gasteiger charge is -2.08. The van der Waals surface area contributed by atoms with Crippen molar-refractivity contribution in [2.45, 2.75) is 56.5 Å². The van der Waals surface area contributed by atoms with E-state index in [4.69, 9.17) is 0 Å². The van der Waals surface area contributed by atoms with Crippen LogP contribution in [0.4, 0.5) is 0 Å². The summed E-state index contributed by atoms with van der Waals surface area (Å²) in [6.07, 6.45) is 3.99. The number of amides is 1. The van der Waals surface area contributed by atoms with E-state index in [1.165, 1.54) is 11.1 Å². The molecule has 0 spiro atoms. The van der Waals surface area contributed by atoms with Crippen LogP contribution < -0.4 is 10.0 Å². The van der Waals surface area contributed by atoms with Gasteiger partial charge in [0, 0.05) is 19.0 Å². The number of hydrogen-bond donors (Lipinski definition) is 2. The van der Waals surface area contributed by atoms with Gasteiger partial charge in [0.2, 0.25) is 15.9 Å².